The Kier molecular flexibility index (Phi) is 3.69. The van der Waals surface area contributed by atoms with Crippen LogP contribution in [0.3, 0.4) is 0 Å². The maximum Gasteiger partial charge on any atom is 0.248 e. The van der Waals surface area contributed by atoms with Gasteiger partial charge in [-0.2, -0.15) is 0 Å². The van der Waals surface area contributed by atoms with Gasteiger partial charge in [-0.15, -0.1) is 6.58 Å². The number of rotatable bonds is 3. The van der Waals surface area contributed by atoms with Gasteiger partial charge in [0.15, 0.2) is 0 Å². The van der Waals surface area contributed by atoms with Crippen LogP contribution in [0.2, 0.25) is 0 Å². The van der Waals surface area contributed by atoms with Crippen molar-refractivity contribution >= 4 is 11.8 Å². The summed E-state index contributed by atoms with van der Waals surface area (Å²) in [5.41, 5.74) is 0.814. The predicted molar refractivity (Wildman–Crippen MR) is 73.3 cm³/mol. The summed E-state index contributed by atoms with van der Waals surface area (Å²) >= 11 is 0. The summed E-state index contributed by atoms with van der Waals surface area (Å²) in [6.45, 7) is 7.29. The van der Waals surface area contributed by atoms with Crippen LogP contribution in [0.1, 0.15) is 25.5 Å². The van der Waals surface area contributed by atoms with Crippen LogP contribution < -0.4 is 5.32 Å². The number of hydrogen-bond acceptors (Lipinski definition) is 2. The van der Waals surface area contributed by atoms with Crippen molar-refractivity contribution in [3.8, 4) is 0 Å². The maximum atomic E-state index is 12.3. The Bertz CT molecular complexity index is 498. The lowest BCUT2D eigenvalue weighted by Crippen LogP contribution is -2.60. The standard InChI is InChI=1S/C15H18N2O2/c1-4-10(2)17-13(12-8-6-5-7-9-12)14(18)16-11(3)15(17)19/h4-11,13H,1H2,2-3H3,(H,16,18). The molecule has 3 unspecified atom stereocenters. The Morgan fingerprint density at radius 2 is 1.95 bits per heavy atom. The molecule has 1 aromatic rings. The van der Waals surface area contributed by atoms with E-state index in [-0.39, 0.29) is 17.9 Å². The van der Waals surface area contributed by atoms with Crippen LogP contribution in [0, 0.1) is 0 Å². The van der Waals surface area contributed by atoms with Gasteiger partial charge in [0, 0.05) is 6.04 Å². The molecular weight excluding hydrogens is 240 g/mol. The van der Waals surface area contributed by atoms with Gasteiger partial charge in [0.2, 0.25) is 11.8 Å². The molecule has 0 bridgehead atoms. The zero-order valence-corrected chi connectivity index (χ0v) is 11.2. The Labute approximate surface area is 113 Å². The quantitative estimate of drug-likeness (QED) is 0.838. The first-order valence-corrected chi connectivity index (χ1v) is 6.36. The third-order valence-corrected chi connectivity index (χ3v) is 3.41. The van der Waals surface area contributed by atoms with E-state index in [1.165, 1.54) is 0 Å². The molecule has 4 heteroatoms. The van der Waals surface area contributed by atoms with E-state index in [0.29, 0.717) is 0 Å². The van der Waals surface area contributed by atoms with Gasteiger partial charge in [-0.1, -0.05) is 36.4 Å². The van der Waals surface area contributed by atoms with E-state index in [2.05, 4.69) is 11.9 Å². The summed E-state index contributed by atoms with van der Waals surface area (Å²) in [6.07, 6.45) is 1.68. The van der Waals surface area contributed by atoms with Crippen molar-refractivity contribution in [1.29, 1.82) is 0 Å². The highest BCUT2D eigenvalue weighted by Gasteiger charge is 2.40. The molecule has 0 radical (unpaired) electrons. The van der Waals surface area contributed by atoms with Crippen molar-refractivity contribution in [3.05, 3.63) is 48.6 Å². The number of hydrogen-bond donors (Lipinski definition) is 1. The van der Waals surface area contributed by atoms with Gasteiger partial charge in [0.25, 0.3) is 0 Å². The molecule has 100 valence electrons. The van der Waals surface area contributed by atoms with E-state index in [0.717, 1.165) is 5.56 Å². The lowest BCUT2D eigenvalue weighted by molar-refractivity contribution is -0.150. The van der Waals surface area contributed by atoms with Crippen molar-refractivity contribution in [2.75, 3.05) is 0 Å². The third kappa shape index (κ3) is 2.38. The van der Waals surface area contributed by atoms with Crippen LogP contribution >= 0.6 is 0 Å². The molecule has 0 aromatic heterocycles. The molecule has 19 heavy (non-hydrogen) atoms. The fraction of sp³-hybridized carbons (Fsp3) is 0.333. The normalized spacial score (nSPS) is 24.8. The smallest absolute Gasteiger partial charge is 0.248 e. The minimum atomic E-state index is -0.585. The molecule has 1 aliphatic heterocycles. The molecule has 1 heterocycles. The second kappa shape index (κ2) is 5.26. The molecule has 3 atom stereocenters. The summed E-state index contributed by atoms with van der Waals surface area (Å²) in [6, 6.07) is 8.06. The molecule has 2 rings (SSSR count). The van der Waals surface area contributed by atoms with E-state index >= 15 is 0 Å². The molecule has 1 fully saturated rings. The van der Waals surface area contributed by atoms with Gasteiger partial charge in [0.05, 0.1) is 0 Å². The number of amides is 2. The van der Waals surface area contributed by atoms with E-state index in [1.54, 1.807) is 17.9 Å². The molecule has 2 amide bonds. The fourth-order valence-electron chi connectivity index (χ4n) is 2.33. The van der Waals surface area contributed by atoms with Crippen LogP contribution in [0.4, 0.5) is 0 Å². The lowest BCUT2D eigenvalue weighted by atomic mass is 9.98. The molecular formula is C15H18N2O2. The monoisotopic (exact) mass is 258 g/mol. The summed E-state index contributed by atoms with van der Waals surface area (Å²) in [7, 11) is 0. The molecule has 4 nitrogen and oxygen atoms in total. The average Bonchev–Trinajstić information content (AvgIpc) is 2.42. The number of nitrogens with zero attached hydrogens (tertiary/aromatic N) is 1. The van der Waals surface area contributed by atoms with Crippen LogP contribution in [-0.2, 0) is 9.59 Å². The van der Waals surface area contributed by atoms with Crippen molar-refractivity contribution < 1.29 is 9.59 Å². The zero-order chi connectivity index (χ0) is 14.0. The second-order valence-electron chi connectivity index (χ2n) is 4.77. The molecule has 0 spiro atoms. The van der Waals surface area contributed by atoms with Crippen LogP contribution in [0.15, 0.2) is 43.0 Å². The Balaban J connectivity index is 2.44. The van der Waals surface area contributed by atoms with Gasteiger partial charge in [-0.3, -0.25) is 9.59 Å². The first kappa shape index (κ1) is 13.3. The number of carbonyl (C=O) groups excluding carboxylic acids is 2. The first-order chi connectivity index (χ1) is 9.06. The average molecular weight is 258 g/mol. The highest BCUT2D eigenvalue weighted by atomic mass is 16.2. The molecule has 0 aliphatic carbocycles. The summed E-state index contributed by atoms with van der Waals surface area (Å²) < 4.78 is 0. The summed E-state index contributed by atoms with van der Waals surface area (Å²) in [5, 5.41) is 2.72. The topological polar surface area (TPSA) is 49.4 Å². The Hall–Kier alpha value is -2.10. The minimum Gasteiger partial charge on any atom is -0.342 e. The third-order valence-electron chi connectivity index (χ3n) is 3.41. The molecule has 1 N–H and O–H groups in total. The minimum absolute atomic E-state index is 0.0825. The van der Waals surface area contributed by atoms with Crippen molar-refractivity contribution in [3.63, 3.8) is 0 Å². The Morgan fingerprint density at radius 1 is 1.32 bits per heavy atom. The first-order valence-electron chi connectivity index (χ1n) is 6.36. The van der Waals surface area contributed by atoms with Gasteiger partial charge >= 0.3 is 0 Å². The van der Waals surface area contributed by atoms with Crippen molar-refractivity contribution in [2.45, 2.75) is 32.0 Å². The van der Waals surface area contributed by atoms with Crippen LogP contribution in [-0.4, -0.2) is 28.8 Å². The highest BCUT2D eigenvalue weighted by Crippen LogP contribution is 2.27. The van der Waals surface area contributed by atoms with Crippen molar-refractivity contribution in [1.82, 2.24) is 10.2 Å². The number of nitrogens with one attached hydrogen (secondary N) is 1. The molecule has 1 aliphatic rings. The summed E-state index contributed by atoms with van der Waals surface area (Å²) in [5.74, 6) is -0.229. The zero-order valence-electron chi connectivity index (χ0n) is 11.2. The predicted octanol–water partition coefficient (Wildman–Crippen LogP) is 1.65. The number of piperazine rings is 1. The largest absolute Gasteiger partial charge is 0.342 e. The lowest BCUT2D eigenvalue weighted by Gasteiger charge is -2.40. The van der Waals surface area contributed by atoms with E-state index < -0.39 is 12.1 Å². The van der Waals surface area contributed by atoms with Gasteiger partial charge in [-0.05, 0) is 19.4 Å². The number of carbonyl (C=O) groups is 2. The number of benzene rings is 1. The van der Waals surface area contributed by atoms with E-state index in [9.17, 15) is 9.59 Å². The SMILES string of the molecule is C=CC(C)N1C(=O)C(C)NC(=O)C1c1ccccc1. The van der Waals surface area contributed by atoms with Gasteiger partial charge in [0.1, 0.15) is 12.1 Å². The fourth-order valence-corrected chi connectivity index (χ4v) is 2.33. The molecule has 1 saturated heterocycles. The van der Waals surface area contributed by atoms with Crippen LogP contribution in [0.5, 0.6) is 0 Å². The maximum absolute atomic E-state index is 12.3. The molecule has 0 saturated carbocycles. The highest BCUT2D eigenvalue weighted by molar-refractivity contribution is 5.97. The molecule has 1 aromatic carbocycles. The Morgan fingerprint density at radius 3 is 2.53 bits per heavy atom. The van der Waals surface area contributed by atoms with Gasteiger partial charge < -0.3 is 10.2 Å². The van der Waals surface area contributed by atoms with Gasteiger partial charge in [-0.25, -0.2) is 0 Å². The van der Waals surface area contributed by atoms with Crippen molar-refractivity contribution in [2.24, 2.45) is 0 Å². The van der Waals surface area contributed by atoms with Crippen LogP contribution in [0.25, 0.3) is 0 Å². The van der Waals surface area contributed by atoms with E-state index in [4.69, 9.17) is 0 Å². The second-order valence-corrected chi connectivity index (χ2v) is 4.77. The van der Waals surface area contributed by atoms with E-state index in [1.807, 2.05) is 37.3 Å². The summed E-state index contributed by atoms with van der Waals surface area (Å²) in [4.78, 5) is 26.2.